The molecule has 14 aromatic rings. The summed E-state index contributed by atoms with van der Waals surface area (Å²) in [5, 5.41) is 0. The molecule has 0 aliphatic heterocycles. The molecule has 2 nitrogen and oxygen atoms in total. The highest BCUT2D eigenvalue weighted by Gasteiger charge is 2.56. The predicted octanol–water partition coefficient (Wildman–Crippen LogP) is 31.7. The Hall–Kier alpha value is -11.3. The molecule has 0 radical (unpaired) electrons. The van der Waals surface area contributed by atoms with Crippen LogP contribution in [0.2, 0.25) is 0 Å². The lowest BCUT2D eigenvalue weighted by Crippen LogP contribution is -2.48. The topological polar surface area (TPSA) is 6.48 Å². The van der Waals surface area contributed by atoms with Crippen molar-refractivity contribution < 1.29 is 0 Å². The van der Waals surface area contributed by atoms with Crippen LogP contribution < -0.4 is 9.80 Å². The van der Waals surface area contributed by atoms with E-state index in [0.717, 1.165) is 58.9 Å². The van der Waals surface area contributed by atoms with E-state index in [4.69, 9.17) is 0 Å². The van der Waals surface area contributed by atoms with E-state index in [1.54, 1.807) is 16.7 Å². The van der Waals surface area contributed by atoms with E-state index in [-0.39, 0.29) is 10.8 Å². The molecule has 2 heteroatoms. The number of fused-ring (bicyclic) bond motifs is 16. The van der Waals surface area contributed by atoms with Crippen LogP contribution in [-0.2, 0) is 32.5 Å². The summed E-state index contributed by atoms with van der Waals surface area (Å²) in [4.78, 5) is 4.99. The summed E-state index contributed by atoms with van der Waals surface area (Å²) in [6.45, 7) is 9.55. The summed E-state index contributed by atoms with van der Waals surface area (Å²) in [5.74, 6) is 8.68. The molecule has 0 saturated heterocycles. The Bertz CT molecular complexity index is 6280. The Kier molecular flexibility index (Phi) is 16.1. The minimum absolute atomic E-state index is 0.0635. The average Bonchev–Trinajstić information content (AvgIpc) is 1.51. The van der Waals surface area contributed by atoms with Crippen LogP contribution in [0.1, 0.15) is 204 Å². The van der Waals surface area contributed by atoms with E-state index in [9.17, 15) is 0 Å². The van der Waals surface area contributed by atoms with Gasteiger partial charge in [0.2, 0.25) is 0 Å². The molecule has 12 saturated carbocycles. The molecule has 123 heavy (non-hydrogen) atoms. The van der Waals surface area contributed by atoms with E-state index in [1.165, 1.54) is 266 Å². The third kappa shape index (κ3) is 11.2. The minimum Gasteiger partial charge on any atom is -0.310 e. The highest BCUT2D eigenvalue weighted by Crippen LogP contribution is 2.67. The van der Waals surface area contributed by atoms with Gasteiger partial charge in [0.1, 0.15) is 0 Å². The number of rotatable bonds is 12. The van der Waals surface area contributed by atoms with Gasteiger partial charge in [0.15, 0.2) is 0 Å². The monoisotopic (exact) mass is 1590 g/mol. The van der Waals surface area contributed by atoms with E-state index in [1.807, 2.05) is 0 Å². The van der Waals surface area contributed by atoms with Crippen LogP contribution in [0.5, 0.6) is 0 Å². The van der Waals surface area contributed by atoms with Crippen molar-refractivity contribution in [1.82, 2.24) is 0 Å². The van der Waals surface area contributed by atoms with Crippen molar-refractivity contribution in [3.8, 4) is 77.9 Å². The first kappa shape index (κ1) is 73.2. The Morgan fingerprint density at radius 1 is 0.187 bits per heavy atom. The van der Waals surface area contributed by atoms with Gasteiger partial charge in [0.05, 0.1) is 5.41 Å². The van der Waals surface area contributed by atoms with Gasteiger partial charge in [-0.2, -0.15) is 0 Å². The van der Waals surface area contributed by atoms with Gasteiger partial charge in [-0.3, -0.25) is 0 Å². The number of hydrogen-bond donors (Lipinski definition) is 0. The molecule has 30 rings (SSSR count). The number of nitrogens with zero attached hydrogens (tertiary/aromatic N) is 2. The maximum Gasteiger partial charge on any atom is 0.0726 e. The Morgan fingerprint density at radius 2 is 0.382 bits per heavy atom. The molecule has 12 bridgehead atoms. The highest BCUT2D eigenvalue weighted by molar-refractivity contribution is 5.97. The van der Waals surface area contributed by atoms with Crippen molar-refractivity contribution in [2.75, 3.05) is 9.80 Å². The van der Waals surface area contributed by atoms with Gasteiger partial charge in [-0.15, -0.1) is 0 Å². The van der Waals surface area contributed by atoms with E-state index in [0.29, 0.717) is 16.2 Å². The van der Waals surface area contributed by atoms with Crippen LogP contribution >= 0.6 is 0 Å². The summed E-state index contributed by atoms with van der Waals surface area (Å²) >= 11 is 0. The quantitative estimate of drug-likeness (QED) is 0.120. The van der Waals surface area contributed by atoms with Crippen LogP contribution in [-0.4, -0.2) is 0 Å². The normalized spacial score (nSPS) is 26.8. The molecule has 12 fully saturated rings. The van der Waals surface area contributed by atoms with Crippen molar-refractivity contribution in [2.24, 2.45) is 53.3 Å². The van der Waals surface area contributed by atoms with Crippen molar-refractivity contribution >= 4 is 34.1 Å². The number of hydrogen-bond acceptors (Lipinski definition) is 2. The largest absolute Gasteiger partial charge is 0.310 e. The molecule has 14 aromatic carbocycles. The minimum atomic E-state index is -0.408. The molecule has 0 aromatic heterocycles. The SMILES string of the molecule is CC1(C)c2ccccc2-c2ccc(N(c3ccc(-c4ccc(C56CC7CC(CC(C7)C5)C6)cc4)cc3)c3ccc(-c4ccc(C56CC7CC(CC(C7)C5)C6)cc4)cc3)cc21.CC1(C)c2ccccc2-c2ccc(N(c3ccc(-c4ccc(C56CC7CC(CC(C7)C5)C6)cc4)cc3)c3ccc4c(c3)C3(c5ccccc5-c5ccccc53)c3ccccc3-4)cc21. The van der Waals surface area contributed by atoms with Crippen LogP contribution in [0.3, 0.4) is 0 Å². The van der Waals surface area contributed by atoms with Crippen molar-refractivity contribution in [3.63, 3.8) is 0 Å². The van der Waals surface area contributed by atoms with Gasteiger partial charge in [0, 0.05) is 45.0 Å². The fraction of sp³-hybridized carbons (Fsp3) is 0.306. The van der Waals surface area contributed by atoms with Crippen LogP contribution in [0.25, 0.3) is 77.9 Å². The standard InChI is InChI=1S/C62H51N.C59H59N/c1-60(2)54-15-7-3-11-48(54)52-29-27-46(34-58(52)60)63(45-25-21-43(22-26-45)42-19-23-44(24-20-42)61-36-39-31-40(37-61)33-41(32-39)38-61)47-28-30-53-51-14-6-10-18-57(51)62(59(53)35-47)55-16-8-4-12-49(55)50-13-5-9-17-56(50)62;1-57(2)55-6-4-3-5-53(55)54-24-23-52(31-56(54)57)60(50-19-11-46(12-20-50)44-7-15-48(16-8-44)58-32-38-25-39(33-58)27-40(26-38)34-58)51-21-13-47(14-22-51)45-9-17-49(18-10-45)59-35-41-28-42(36-59)30-43(29-41)37-59/h3-30,34-35,39-41H,31-33,36-38H2,1-2H3;3-24,31,38-43H,25-30,32-37H2,1-2H3. The summed E-state index contributed by atoms with van der Waals surface area (Å²) in [6.07, 6.45) is 26.2. The first-order valence-electron chi connectivity index (χ1n) is 47.3. The van der Waals surface area contributed by atoms with Crippen LogP contribution in [0, 0.1) is 53.3 Å². The lowest BCUT2D eigenvalue weighted by Gasteiger charge is -2.57. The predicted molar refractivity (Wildman–Crippen MR) is 510 cm³/mol. The molecule has 16 aliphatic carbocycles. The zero-order valence-corrected chi connectivity index (χ0v) is 71.9. The fourth-order valence-corrected chi connectivity index (χ4v) is 30.6. The summed E-state index contributed by atoms with van der Waals surface area (Å²) < 4.78 is 0. The third-order valence-corrected chi connectivity index (χ3v) is 34.9. The van der Waals surface area contributed by atoms with E-state index < -0.39 is 5.41 Å². The van der Waals surface area contributed by atoms with Crippen LogP contribution in [0.15, 0.2) is 322 Å². The number of anilines is 6. The van der Waals surface area contributed by atoms with Crippen molar-refractivity contribution in [3.05, 3.63) is 383 Å². The lowest BCUT2D eigenvalue weighted by atomic mass is 9.48. The fourth-order valence-electron chi connectivity index (χ4n) is 30.6. The van der Waals surface area contributed by atoms with Crippen LogP contribution in [0.4, 0.5) is 34.1 Å². The zero-order valence-electron chi connectivity index (χ0n) is 71.9. The second-order valence-corrected chi connectivity index (χ2v) is 42.6. The smallest absolute Gasteiger partial charge is 0.0726 e. The number of benzene rings is 14. The molecule has 0 N–H and O–H groups in total. The molecule has 16 aliphatic rings. The van der Waals surface area contributed by atoms with Gasteiger partial charge < -0.3 is 9.80 Å². The molecular formula is C121H110N2. The van der Waals surface area contributed by atoms with Gasteiger partial charge in [-0.05, 0) is 397 Å². The van der Waals surface area contributed by atoms with Crippen molar-refractivity contribution in [2.45, 2.75) is 176 Å². The second-order valence-electron chi connectivity index (χ2n) is 42.6. The van der Waals surface area contributed by atoms with Gasteiger partial charge in [0.25, 0.3) is 0 Å². The molecule has 1 spiro atoms. The first-order valence-corrected chi connectivity index (χ1v) is 47.3. The maximum absolute atomic E-state index is 2.53. The molecule has 0 unspecified atom stereocenters. The van der Waals surface area contributed by atoms with E-state index >= 15 is 0 Å². The molecule has 0 amide bonds. The summed E-state index contributed by atoms with van der Waals surface area (Å²) in [7, 11) is 0. The molecule has 604 valence electrons. The first-order chi connectivity index (χ1) is 60.2. The van der Waals surface area contributed by atoms with E-state index in [2.05, 4.69) is 359 Å². The van der Waals surface area contributed by atoms with Gasteiger partial charge in [-0.1, -0.05) is 276 Å². The lowest BCUT2D eigenvalue weighted by molar-refractivity contribution is -0.00530. The summed E-state index contributed by atoms with van der Waals surface area (Å²) in [5.41, 5.74) is 42.2. The second kappa shape index (κ2) is 27.1. The van der Waals surface area contributed by atoms with Gasteiger partial charge >= 0.3 is 0 Å². The molecular weight excluding hydrogens is 1480 g/mol. The molecule has 0 atom stereocenters. The zero-order chi connectivity index (χ0) is 81.5. The third-order valence-electron chi connectivity index (χ3n) is 34.9. The highest BCUT2D eigenvalue weighted by atomic mass is 15.1. The average molecular weight is 1590 g/mol. The van der Waals surface area contributed by atoms with Gasteiger partial charge in [-0.25, -0.2) is 0 Å². The summed E-state index contributed by atoms with van der Waals surface area (Å²) in [6, 6.07) is 125. The Morgan fingerprint density at radius 3 is 0.650 bits per heavy atom. The Labute approximate surface area is 728 Å². The molecule has 0 heterocycles. The Balaban J connectivity index is 0.000000132. The van der Waals surface area contributed by atoms with Crippen molar-refractivity contribution in [1.29, 1.82) is 0 Å². The maximum atomic E-state index is 2.53.